The number of carbonyl (C=O) groups excluding carboxylic acids is 1. The van der Waals surface area contributed by atoms with Crippen molar-refractivity contribution in [1.29, 1.82) is 0 Å². The Bertz CT molecular complexity index is 616. The van der Waals surface area contributed by atoms with Gasteiger partial charge in [0.25, 0.3) is 0 Å². The van der Waals surface area contributed by atoms with Crippen molar-refractivity contribution in [2.24, 2.45) is 0 Å². The topological polar surface area (TPSA) is 58.6 Å². The molecule has 2 N–H and O–H groups in total. The van der Waals surface area contributed by atoms with E-state index in [1.807, 2.05) is 36.4 Å². The van der Waals surface area contributed by atoms with Crippen molar-refractivity contribution in [3.05, 3.63) is 60.7 Å². The molecule has 0 aromatic heterocycles. The van der Waals surface area contributed by atoms with E-state index in [4.69, 9.17) is 4.18 Å². The van der Waals surface area contributed by atoms with Crippen LogP contribution in [-0.4, -0.2) is 35.5 Å². The van der Waals surface area contributed by atoms with Crippen LogP contribution in [0.4, 0.5) is 0 Å². The molecular formula is C20H27NO3S. The van der Waals surface area contributed by atoms with E-state index in [0.717, 1.165) is 9.79 Å². The van der Waals surface area contributed by atoms with Crippen LogP contribution in [0.15, 0.2) is 70.5 Å². The zero-order valence-corrected chi connectivity index (χ0v) is 15.8. The van der Waals surface area contributed by atoms with Gasteiger partial charge in [0.2, 0.25) is 6.41 Å². The standard InChI is InChI=1S/C20H27NO3S/c1-20(2,3)25(18-10-6-4-7-11-18,19-12-8-5-9-13-19)24-15-17(23)14-21-16-22/h4-13,16-17,23H,14-15H2,1-3H3,(H,21,22). The summed E-state index contributed by atoms with van der Waals surface area (Å²) in [5.74, 6) is 0. The lowest BCUT2D eigenvalue weighted by atomic mass is 10.3. The van der Waals surface area contributed by atoms with Gasteiger partial charge in [0.1, 0.15) is 0 Å². The highest BCUT2D eigenvalue weighted by Crippen LogP contribution is 2.71. The Labute approximate surface area is 151 Å². The normalized spacial score (nSPS) is 13.9. The third-order valence-electron chi connectivity index (χ3n) is 3.89. The molecule has 0 spiro atoms. The Morgan fingerprint density at radius 1 is 1.04 bits per heavy atom. The molecule has 0 aliphatic rings. The lowest BCUT2D eigenvalue weighted by molar-refractivity contribution is -0.110. The minimum absolute atomic E-state index is 0.150. The lowest BCUT2D eigenvalue weighted by Gasteiger charge is -2.50. The van der Waals surface area contributed by atoms with Crippen LogP contribution < -0.4 is 5.32 Å². The number of benzene rings is 2. The summed E-state index contributed by atoms with van der Waals surface area (Å²) in [5, 5.41) is 12.7. The summed E-state index contributed by atoms with van der Waals surface area (Å²) in [6, 6.07) is 20.4. The molecule has 0 saturated heterocycles. The first-order valence-electron chi connectivity index (χ1n) is 8.34. The molecule has 0 bridgehead atoms. The molecule has 0 radical (unpaired) electrons. The predicted octanol–water partition coefficient (Wildman–Crippen LogP) is 3.75. The largest absolute Gasteiger partial charge is 0.389 e. The number of aliphatic hydroxyl groups excluding tert-OH is 1. The number of aliphatic hydroxyl groups is 1. The van der Waals surface area contributed by atoms with Crippen LogP contribution in [0.2, 0.25) is 0 Å². The number of rotatable bonds is 8. The molecule has 4 nitrogen and oxygen atoms in total. The second-order valence-corrected chi connectivity index (χ2v) is 10.3. The third kappa shape index (κ3) is 4.42. The van der Waals surface area contributed by atoms with E-state index in [1.165, 1.54) is 0 Å². The fraction of sp³-hybridized carbons (Fsp3) is 0.350. The van der Waals surface area contributed by atoms with Crippen molar-refractivity contribution in [1.82, 2.24) is 5.32 Å². The number of amides is 1. The Morgan fingerprint density at radius 2 is 1.52 bits per heavy atom. The first-order chi connectivity index (χ1) is 11.9. The predicted molar refractivity (Wildman–Crippen MR) is 103 cm³/mol. The Kier molecular flexibility index (Phi) is 6.64. The highest BCUT2D eigenvalue weighted by molar-refractivity contribution is 8.31. The summed E-state index contributed by atoms with van der Waals surface area (Å²) in [6.07, 6.45) is -0.173. The molecule has 1 amide bonds. The highest BCUT2D eigenvalue weighted by atomic mass is 32.3. The van der Waals surface area contributed by atoms with Crippen molar-refractivity contribution in [2.75, 3.05) is 13.2 Å². The number of hydrogen-bond acceptors (Lipinski definition) is 3. The molecule has 0 aliphatic carbocycles. The Hall–Kier alpha value is -1.82. The summed E-state index contributed by atoms with van der Waals surface area (Å²) in [6.45, 7) is 6.82. The average molecular weight is 362 g/mol. The maximum atomic E-state index is 10.5. The maximum Gasteiger partial charge on any atom is 0.207 e. The van der Waals surface area contributed by atoms with Gasteiger partial charge < -0.3 is 14.6 Å². The molecule has 0 heterocycles. The van der Waals surface area contributed by atoms with Crippen LogP contribution in [0, 0.1) is 0 Å². The molecular weight excluding hydrogens is 334 g/mol. The van der Waals surface area contributed by atoms with Gasteiger partial charge in [0, 0.05) is 21.1 Å². The average Bonchev–Trinajstić information content (AvgIpc) is 2.61. The van der Waals surface area contributed by atoms with Crippen LogP contribution in [0.1, 0.15) is 20.8 Å². The van der Waals surface area contributed by atoms with Gasteiger partial charge in [-0.05, 0) is 45.0 Å². The molecule has 2 aromatic carbocycles. The van der Waals surface area contributed by atoms with E-state index in [2.05, 4.69) is 50.4 Å². The highest BCUT2D eigenvalue weighted by Gasteiger charge is 2.41. The van der Waals surface area contributed by atoms with Crippen molar-refractivity contribution < 1.29 is 14.1 Å². The molecule has 136 valence electrons. The van der Waals surface area contributed by atoms with Gasteiger partial charge in [-0.15, -0.1) is 0 Å². The van der Waals surface area contributed by atoms with Crippen LogP contribution in [0.25, 0.3) is 0 Å². The Balaban J connectivity index is 2.47. The van der Waals surface area contributed by atoms with Gasteiger partial charge >= 0.3 is 0 Å². The smallest absolute Gasteiger partial charge is 0.207 e. The van der Waals surface area contributed by atoms with E-state index >= 15 is 0 Å². The van der Waals surface area contributed by atoms with Gasteiger partial charge in [-0.25, -0.2) is 0 Å². The van der Waals surface area contributed by atoms with E-state index in [1.54, 1.807) is 0 Å². The number of hydrogen-bond donors (Lipinski definition) is 2. The SMILES string of the molecule is CC(C)(C)S(OCC(O)CNC=O)(c1ccccc1)c1ccccc1. The van der Waals surface area contributed by atoms with Crippen LogP contribution >= 0.6 is 10.3 Å². The van der Waals surface area contributed by atoms with Crippen LogP contribution in [-0.2, 0) is 8.98 Å². The van der Waals surface area contributed by atoms with Gasteiger partial charge in [-0.2, -0.15) is 0 Å². The molecule has 0 saturated carbocycles. The molecule has 1 unspecified atom stereocenters. The van der Waals surface area contributed by atoms with Gasteiger partial charge in [-0.3, -0.25) is 4.79 Å². The number of carbonyl (C=O) groups is 1. The molecule has 0 aliphatic heterocycles. The summed E-state index contributed by atoms with van der Waals surface area (Å²) in [5.41, 5.74) is 0. The van der Waals surface area contributed by atoms with E-state index < -0.39 is 16.4 Å². The molecule has 25 heavy (non-hydrogen) atoms. The van der Waals surface area contributed by atoms with E-state index in [9.17, 15) is 9.90 Å². The van der Waals surface area contributed by atoms with Crippen LogP contribution in [0.3, 0.4) is 0 Å². The fourth-order valence-corrected chi connectivity index (χ4v) is 6.56. The van der Waals surface area contributed by atoms with Gasteiger partial charge in [0.05, 0.1) is 12.7 Å². The zero-order chi connectivity index (χ0) is 18.3. The van der Waals surface area contributed by atoms with Gasteiger partial charge in [0.15, 0.2) is 0 Å². The second-order valence-electron chi connectivity index (χ2n) is 6.76. The van der Waals surface area contributed by atoms with E-state index in [0.29, 0.717) is 6.41 Å². The summed E-state index contributed by atoms with van der Waals surface area (Å²) in [4.78, 5) is 12.7. The fourth-order valence-electron chi connectivity index (χ4n) is 2.80. The molecule has 5 heteroatoms. The first kappa shape index (κ1) is 19.5. The summed E-state index contributed by atoms with van der Waals surface area (Å²) in [7, 11) is -1.87. The lowest BCUT2D eigenvalue weighted by Crippen LogP contribution is -2.34. The molecule has 1 atom stereocenters. The zero-order valence-electron chi connectivity index (χ0n) is 15.0. The quantitative estimate of drug-likeness (QED) is 0.704. The molecule has 0 fully saturated rings. The third-order valence-corrected chi connectivity index (χ3v) is 7.97. The van der Waals surface area contributed by atoms with Crippen molar-refractivity contribution in [2.45, 2.75) is 41.4 Å². The van der Waals surface area contributed by atoms with Crippen LogP contribution in [0.5, 0.6) is 0 Å². The number of nitrogens with one attached hydrogen (secondary N) is 1. The Morgan fingerprint density at radius 3 is 1.92 bits per heavy atom. The van der Waals surface area contributed by atoms with Crippen molar-refractivity contribution in [3.63, 3.8) is 0 Å². The maximum absolute atomic E-state index is 10.5. The summed E-state index contributed by atoms with van der Waals surface area (Å²) >= 11 is 0. The minimum Gasteiger partial charge on any atom is -0.389 e. The van der Waals surface area contributed by atoms with Gasteiger partial charge in [-0.1, -0.05) is 46.7 Å². The summed E-state index contributed by atoms with van der Waals surface area (Å²) < 4.78 is 6.32. The molecule has 2 rings (SSSR count). The monoisotopic (exact) mass is 361 g/mol. The minimum atomic E-state index is -1.87. The van der Waals surface area contributed by atoms with Crippen molar-refractivity contribution in [3.8, 4) is 0 Å². The first-order valence-corrected chi connectivity index (χ1v) is 9.90. The van der Waals surface area contributed by atoms with E-state index in [-0.39, 0.29) is 17.9 Å². The molecule has 2 aromatic rings. The second kappa shape index (κ2) is 8.52. The van der Waals surface area contributed by atoms with Crippen molar-refractivity contribution >= 4 is 16.7 Å².